The Kier molecular flexibility index (Phi) is 9.22. The van der Waals surface area contributed by atoms with E-state index in [0.717, 1.165) is 19.3 Å². The molecule has 4 aliphatic rings. The molecular formula is C35H42O5S2. The van der Waals surface area contributed by atoms with Crippen molar-refractivity contribution in [2.75, 3.05) is 12.4 Å². The van der Waals surface area contributed by atoms with Gasteiger partial charge >= 0.3 is 5.97 Å². The molecule has 0 atom stereocenters. The van der Waals surface area contributed by atoms with Crippen molar-refractivity contribution in [3.63, 3.8) is 0 Å². The average molecular weight is 607 g/mol. The number of carbonyl (C=O) groups excluding carboxylic acids is 1. The standard InChI is InChI=1S/C22H23S.C13H20O5S/c1-22(2,3)18-14-16-21(17-15-18)23(19-10-6-4-7-11-19)20-12-8-5-9-13-20;14-12(18-1-2-19(15,16)17)13-6-9-3-10(7-13)5-11(4-9)8-13/h4-17H,1-3H3;9-11H,1-8H2,(H,15,16,17)/q+1;/p-1. The molecule has 224 valence electrons. The Morgan fingerprint density at radius 2 is 1.21 bits per heavy atom. The van der Waals surface area contributed by atoms with Gasteiger partial charge < -0.3 is 9.29 Å². The molecule has 4 aliphatic carbocycles. The Morgan fingerprint density at radius 3 is 1.62 bits per heavy atom. The fraction of sp³-hybridized carbons (Fsp3) is 0.457. The second-order valence-corrected chi connectivity index (χ2v) is 16.9. The lowest BCUT2D eigenvalue weighted by atomic mass is 9.49. The first-order chi connectivity index (χ1) is 19.9. The second-order valence-electron chi connectivity index (χ2n) is 13.3. The van der Waals surface area contributed by atoms with E-state index in [1.165, 1.54) is 39.5 Å². The lowest BCUT2D eigenvalue weighted by Crippen LogP contribution is -2.50. The molecule has 0 aromatic heterocycles. The molecule has 0 N–H and O–H groups in total. The van der Waals surface area contributed by atoms with Crippen molar-refractivity contribution in [2.45, 2.75) is 79.4 Å². The van der Waals surface area contributed by atoms with Crippen molar-refractivity contribution in [3.8, 4) is 0 Å². The molecule has 4 bridgehead atoms. The van der Waals surface area contributed by atoms with Crippen LogP contribution in [-0.4, -0.2) is 31.3 Å². The minimum Gasteiger partial charge on any atom is -0.748 e. The summed E-state index contributed by atoms with van der Waals surface area (Å²) in [7, 11) is -4.35. The van der Waals surface area contributed by atoms with E-state index in [-0.39, 0.29) is 34.3 Å². The van der Waals surface area contributed by atoms with Gasteiger partial charge in [0, 0.05) is 0 Å². The third kappa shape index (κ3) is 7.47. The minimum absolute atomic E-state index is 0.0497. The molecule has 0 radical (unpaired) electrons. The lowest BCUT2D eigenvalue weighted by molar-refractivity contribution is -0.170. The normalized spacial score (nSPS) is 24.6. The Labute approximate surface area is 254 Å². The van der Waals surface area contributed by atoms with Gasteiger partial charge in [-0.2, -0.15) is 0 Å². The van der Waals surface area contributed by atoms with Crippen molar-refractivity contribution in [1.82, 2.24) is 0 Å². The number of ether oxygens (including phenoxy) is 1. The highest BCUT2D eigenvalue weighted by Crippen LogP contribution is 2.60. The zero-order chi connectivity index (χ0) is 30.0. The lowest BCUT2D eigenvalue weighted by Gasteiger charge is -2.55. The van der Waals surface area contributed by atoms with Crippen molar-refractivity contribution in [1.29, 1.82) is 0 Å². The molecule has 7 rings (SSSR count). The maximum atomic E-state index is 12.3. The highest BCUT2D eigenvalue weighted by molar-refractivity contribution is 7.97. The van der Waals surface area contributed by atoms with Crippen molar-refractivity contribution in [2.24, 2.45) is 23.2 Å². The molecule has 7 heteroatoms. The van der Waals surface area contributed by atoms with Gasteiger partial charge in [0.25, 0.3) is 0 Å². The monoisotopic (exact) mass is 606 g/mol. The van der Waals surface area contributed by atoms with Gasteiger partial charge in [0.05, 0.1) is 32.2 Å². The topological polar surface area (TPSA) is 83.5 Å². The van der Waals surface area contributed by atoms with Crippen molar-refractivity contribution in [3.05, 3.63) is 90.5 Å². The third-order valence-electron chi connectivity index (χ3n) is 8.95. The molecule has 4 fully saturated rings. The number of hydrogen-bond donors (Lipinski definition) is 0. The third-order valence-corrected chi connectivity index (χ3v) is 11.8. The summed E-state index contributed by atoms with van der Waals surface area (Å²) in [4.78, 5) is 16.4. The van der Waals surface area contributed by atoms with Crippen molar-refractivity contribution < 1.29 is 22.5 Å². The van der Waals surface area contributed by atoms with Gasteiger partial charge in [-0.1, -0.05) is 69.3 Å². The summed E-state index contributed by atoms with van der Waals surface area (Å²) in [5.74, 6) is 1.03. The first-order valence-electron chi connectivity index (χ1n) is 15.0. The smallest absolute Gasteiger partial charge is 0.312 e. The van der Waals surface area contributed by atoms with E-state index < -0.39 is 15.9 Å². The Bertz CT molecular complexity index is 1370. The molecule has 0 amide bonds. The van der Waals surface area contributed by atoms with Gasteiger partial charge in [0.1, 0.15) is 6.61 Å². The Morgan fingerprint density at radius 1 is 0.786 bits per heavy atom. The summed E-state index contributed by atoms with van der Waals surface area (Å²) in [6.45, 7) is 6.48. The van der Waals surface area contributed by atoms with Gasteiger partial charge in [-0.3, -0.25) is 4.79 Å². The molecule has 0 saturated heterocycles. The van der Waals surface area contributed by atoms with Crippen LogP contribution in [0.25, 0.3) is 0 Å². The maximum Gasteiger partial charge on any atom is 0.312 e. The van der Waals surface area contributed by atoms with Crippen LogP contribution < -0.4 is 0 Å². The SMILES string of the molecule is CC(C)(C)c1ccc([S+](c2ccccc2)c2ccccc2)cc1.O=C(OCCS(=O)(=O)[O-])C12CC3CC(CC(C3)C1)C2. The summed E-state index contributed by atoms with van der Waals surface area (Å²) < 4.78 is 36.6. The van der Waals surface area contributed by atoms with Gasteiger partial charge in [-0.25, -0.2) is 8.42 Å². The number of hydrogen-bond acceptors (Lipinski definition) is 5. The molecule has 4 saturated carbocycles. The Balaban J connectivity index is 0.000000171. The van der Waals surface area contributed by atoms with Crippen LogP contribution in [0.5, 0.6) is 0 Å². The minimum atomic E-state index is -4.30. The zero-order valence-corrected chi connectivity index (χ0v) is 26.5. The van der Waals surface area contributed by atoms with E-state index in [2.05, 4.69) is 106 Å². The first kappa shape index (κ1) is 30.8. The molecule has 0 spiro atoms. The molecule has 3 aromatic carbocycles. The fourth-order valence-electron chi connectivity index (χ4n) is 7.36. The largest absolute Gasteiger partial charge is 0.748 e. The summed E-state index contributed by atoms with van der Waals surface area (Å²) in [5, 5.41) is 0. The second kappa shape index (κ2) is 12.6. The van der Waals surface area contributed by atoms with E-state index in [4.69, 9.17) is 4.74 Å². The zero-order valence-electron chi connectivity index (χ0n) is 24.8. The van der Waals surface area contributed by atoms with Gasteiger partial charge in [-0.05, 0) is 104 Å². The van der Waals surface area contributed by atoms with Crippen LogP contribution in [0.3, 0.4) is 0 Å². The number of rotatable bonds is 7. The predicted octanol–water partition coefficient (Wildman–Crippen LogP) is 7.37. The molecular weight excluding hydrogens is 565 g/mol. The van der Waals surface area contributed by atoms with Gasteiger partial charge in [0.2, 0.25) is 0 Å². The van der Waals surface area contributed by atoms with E-state index in [1.807, 2.05) is 0 Å². The molecule has 3 aromatic rings. The van der Waals surface area contributed by atoms with Crippen LogP contribution in [0, 0.1) is 23.2 Å². The van der Waals surface area contributed by atoms with Crippen molar-refractivity contribution >= 4 is 27.0 Å². The molecule has 0 unspecified atom stereocenters. The summed E-state index contributed by atoms with van der Waals surface area (Å²) in [6, 6.07) is 30.7. The van der Waals surface area contributed by atoms with Crippen LogP contribution in [-0.2, 0) is 36.0 Å². The maximum absolute atomic E-state index is 12.3. The van der Waals surface area contributed by atoms with Gasteiger partial charge in [-0.15, -0.1) is 0 Å². The summed E-state index contributed by atoms with van der Waals surface area (Å²) >= 11 is 0. The average Bonchev–Trinajstić information content (AvgIpc) is 2.93. The molecule has 5 nitrogen and oxygen atoms in total. The Hall–Kier alpha value is -2.61. The predicted molar refractivity (Wildman–Crippen MR) is 166 cm³/mol. The molecule has 42 heavy (non-hydrogen) atoms. The van der Waals surface area contributed by atoms with E-state index >= 15 is 0 Å². The summed E-state index contributed by atoms with van der Waals surface area (Å²) in [5.41, 5.74) is 1.20. The highest BCUT2D eigenvalue weighted by atomic mass is 32.2. The molecule has 0 aliphatic heterocycles. The first-order valence-corrected chi connectivity index (χ1v) is 17.8. The summed E-state index contributed by atoms with van der Waals surface area (Å²) in [6.07, 6.45) is 6.39. The van der Waals surface area contributed by atoms with E-state index in [9.17, 15) is 17.8 Å². The van der Waals surface area contributed by atoms with Crippen LogP contribution in [0.4, 0.5) is 0 Å². The number of carbonyl (C=O) groups is 1. The molecule has 0 heterocycles. The van der Waals surface area contributed by atoms with Crippen LogP contribution >= 0.6 is 0 Å². The van der Waals surface area contributed by atoms with Crippen LogP contribution in [0.15, 0.2) is 99.6 Å². The highest BCUT2D eigenvalue weighted by Gasteiger charge is 2.55. The van der Waals surface area contributed by atoms with Gasteiger partial charge in [0.15, 0.2) is 14.7 Å². The van der Waals surface area contributed by atoms with Crippen LogP contribution in [0.1, 0.15) is 64.9 Å². The number of benzene rings is 3. The quantitative estimate of drug-likeness (QED) is 0.159. The fourth-order valence-corrected chi connectivity index (χ4v) is 9.73. The van der Waals surface area contributed by atoms with E-state index in [0.29, 0.717) is 17.8 Å². The number of esters is 1. The van der Waals surface area contributed by atoms with Crippen LogP contribution in [0.2, 0.25) is 0 Å². The van der Waals surface area contributed by atoms with E-state index in [1.54, 1.807) is 0 Å².